The molecule has 0 radical (unpaired) electrons. The summed E-state index contributed by atoms with van der Waals surface area (Å²) >= 11 is 1.71. The number of nitrogens with zero attached hydrogens (tertiary/aromatic N) is 1. The summed E-state index contributed by atoms with van der Waals surface area (Å²) in [5.74, 6) is 0.500. The van der Waals surface area contributed by atoms with E-state index in [9.17, 15) is 8.42 Å². The number of rotatable bonds is 4. The Balaban J connectivity index is 1.71. The minimum absolute atomic E-state index is 0.415. The molecule has 0 atom stereocenters. The Morgan fingerprint density at radius 1 is 1.14 bits per heavy atom. The predicted molar refractivity (Wildman–Crippen MR) is 90.9 cm³/mol. The Bertz CT molecular complexity index is 698. The molecular formula is C17H21NO2S2. The normalized spacial score (nSPS) is 17.7. The molecule has 1 saturated heterocycles. The van der Waals surface area contributed by atoms with Gasteiger partial charge in [0.2, 0.25) is 10.0 Å². The molecule has 2 heterocycles. The molecule has 5 heteroatoms. The van der Waals surface area contributed by atoms with Crippen molar-refractivity contribution in [3.63, 3.8) is 0 Å². The van der Waals surface area contributed by atoms with Crippen LogP contribution < -0.4 is 0 Å². The number of hydrogen-bond acceptors (Lipinski definition) is 3. The minimum Gasteiger partial charge on any atom is -0.207 e. The molecule has 0 N–H and O–H groups in total. The first-order valence-electron chi connectivity index (χ1n) is 7.72. The zero-order valence-corrected chi connectivity index (χ0v) is 14.4. The van der Waals surface area contributed by atoms with E-state index in [1.165, 1.54) is 5.56 Å². The number of hydrogen-bond donors (Lipinski definition) is 0. The summed E-state index contributed by atoms with van der Waals surface area (Å²) in [6.07, 6.45) is 2.73. The SMILES string of the molecule is CCc1ccc(S(=O)(=O)N2CCC(c3ccsc3)CC2)cc1. The summed E-state index contributed by atoms with van der Waals surface area (Å²) < 4.78 is 27.1. The lowest BCUT2D eigenvalue weighted by atomic mass is 9.92. The maximum absolute atomic E-state index is 12.7. The van der Waals surface area contributed by atoms with E-state index in [-0.39, 0.29) is 0 Å². The van der Waals surface area contributed by atoms with Gasteiger partial charge in [0.25, 0.3) is 0 Å². The molecule has 0 bridgehead atoms. The van der Waals surface area contributed by atoms with Crippen LogP contribution in [-0.2, 0) is 16.4 Å². The standard InChI is InChI=1S/C17H21NO2S2/c1-2-14-3-5-17(6-4-14)22(19,20)18-10-7-15(8-11-18)16-9-12-21-13-16/h3-6,9,12-13,15H,2,7-8,10-11H2,1H3. The fourth-order valence-corrected chi connectivity index (χ4v) is 5.20. The van der Waals surface area contributed by atoms with Crippen LogP contribution in [0.5, 0.6) is 0 Å². The average Bonchev–Trinajstić information content (AvgIpc) is 3.09. The molecule has 0 amide bonds. The lowest BCUT2D eigenvalue weighted by Gasteiger charge is -2.31. The van der Waals surface area contributed by atoms with Crippen LogP contribution in [0.2, 0.25) is 0 Å². The molecule has 0 aliphatic carbocycles. The Labute approximate surface area is 136 Å². The summed E-state index contributed by atoms with van der Waals surface area (Å²) in [5, 5.41) is 4.27. The Morgan fingerprint density at radius 3 is 2.36 bits per heavy atom. The molecule has 22 heavy (non-hydrogen) atoms. The fraction of sp³-hybridized carbons (Fsp3) is 0.412. The van der Waals surface area contributed by atoms with Gasteiger partial charge >= 0.3 is 0 Å². The van der Waals surface area contributed by atoms with Crippen molar-refractivity contribution in [3.8, 4) is 0 Å². The van der Waals surface area contributed by atoms with Gasteiger partial charge in [-0.05, 0) is 65.3 Å². The van der Waals surface area contributed by atoms with Crippen molar-refractivity contribution in [1.82, 2.24) is 4.31 Å². The van der Waals surface area contributed by atoms with Crippen molar-refractivity contribution in [2.45, 2.75) is 37.0 Å². The van der Waals surface area contributed by atoms with Gasteiger partial charge in [-0.15, -0.1) is 0 Å². The second-order valence-electron chi connectivity index (χ2n) is 5.73. The quantitative estimate of drug-likeness (QED) is 0.850. The molecule has 1 aliphatic heterocycles. The highest BCUT2D eigenvalue weighted by atomic mass is 32.2. The monoisotopic (exact) mass is 335 g/mol. The van der Waals surface area contributed by atoms with Crippen LogP contribution in [0.1, 0.15) is 36.8 Å². The topological polar surface area (TPSA) is 37.4 Å². The summed E-state index contributed by atoms with van der Waals surface area (Å²) in [4.78, 5) is 0.415. The summed E-state index contributed by atoms with van der Waals surface area (Å²) in [7, 11) is -3.34. The summed E-state index contributed by atoms with van der Waals surface area (Å²) in [6, 6.07) is 9.44. The van der Waals surface area contributed by atoms with Crippen LogP contribution in [-0.4, -0.2) is 25.8 Å². The number of aryl methyl sites for hydroxylation is 1. The zero-order valence-electron chi connectivity index (χ0n) is 12.7. The molecule has 0 unspecified atom stereocenters. The Kier molecular flexibility index (Phi) is 4.66. The van der Waals surface area contributed by atoms with Crippen molar-refractivity contribution < 1.29 is 8.42 Å². The van der Waals surface area contributed by atoms with E-state index in [2.05, 4.69) is 23.8 Å². The summed E-state index contributed by atoms with van der Waals surface area (Å²) in [5.41, 5.74) is 2.52. The highest BCUT2D eigenvalue weighted by molar-refractivity contribution is 7.89. The third kappa shape index (κ3) is 3.12. The van der Waals surface area contributed by atoms with Crippen molar-refractivity contribution in [2.75, 3.05) is 13.1 Å². The first-order valence-corrected chi connectivity index (χ1v) is 10.1. The Morgan fingerprint density at radius 2 is 1.82 bits per heavy atom. The van der Waals surface area contributed by atoms with E-state index in [4.69, 9.17) is 0 Å². The van der Waals surface area contributed by atoms with Gasteiger partial charge in [-0.25, -0.2) is 8.42 Å². The molecular weight excluding hydrogens is 314 g/mol. The number of piperidine rings is 1. The van der Waals surface area contributed by atoms with Crippen molar-refractivity contribution in [2.24, 2.45) is 0 Å². The van der Waals surface area contributed by atoms with Gasteiger partial charge in [-0.1, -0.05) is 19.1 Å². The third-order valence-corrected chi connectivity index (χ3v) is 7.05. The largest absolute Gasteiger partial charge is 0.243 e. The number of benzene rings is 1. The molecule has 1 aliphatic rings. The third-order valence-electron chi connectivity index (χ3n) is 4.44. The molecule has 3 rings (SSSR count). The van der Waals surface area contributed by atoms with Crippen molar-refractivity contribution >= 4 is 21.4 Å². The smallest absolute Gasteiger partial charge is 0.207 e. The van der Waals surface area contributed by atoms with E-state index in [1.807, 2.05) is 12.1 Å². The average molecular weight is 335 g/mol. The first kappa shape index (κ1) is 15.7. The van der Waals surface area contributed by atoms with Gasteiger partial charge in [-0.2, -0.15) is 15.6 Å². The van der Waals surface area contributed by atoms with Gasteiger partial charge in [0.1, 0.15) is 0 Å². The number of thiophene rings is 1. The molecule has 3 nitrogen and oxygen atoms in total. The van der Waals surface area contributed by atoms with E-state index in [0.717, 1.165) is 24.8 Å². The molecule has 0 spiro atoms. The zero-order chi connectivity index (χ0) is 15.6. The minimum atomic E-state index is -3.34. The van der Waals surface area contributed by atoms with Crippen LogP contribution in [0.15, 0.2) is 46.0 Å². The van der Waals surface area contributed by atoms with Crippen LogP contribution >= 0.6 is 11.3 Å². The first-order chi connectivity index (χ1) is 10.6. The molecule has 118 valence electrons. The molecule has 1 fully saturated rings. The molecule has 1 aromatic heterocycles. The van der Waals surface area contributed by atoms with Crippen LogP contribution in [0.3, 0.4) is 0 Å². The van der Waals surface area contributed by atoms with Crippen LogP contribution in [0.4, 0.5) is 0 Å². The van der Waals surface area contributed by atoms with Gasteiger partial charge in [0.05, 0.1) is 4.90 Å². The maximum atomic E-state index is 12.7. The fourth-order valence-electron chi connectivity index (χ4n) is 2.98. The Hall–Kier alpha value is -1.17. The number of sulfonamides is 1. The second kappa shape index (κ2) is 6.52. The molecule has 1 aromatic carbocycles. The van der Waals surface area contributed by atoms with E-state index in [0.29, 0.717) is 23.9 Å². The van der Waals surface area contributed by atoms with Gasteiger partial charge < -0.3 is 0 Å². The van der Waals surface area contributed by atoms with Crippen LogP contribution in [0.25, 0.3) is 0 Å². The molecule has 0 saturated carbocycles. The highest BCUT2D eigenvalue weighted by Crippen LogP contribution is 2.31. The van der Waals surface area contributed by atoms with Gasteiger partial charge in [0, 0.05) is 13.1 Å². The van der Waals surface area contributed by atoms with Crippen LogP contribution in [0, 0.1) is 0 Å². The second-order valence-corrected chi connectivity index (χ2v) is 8.45. The summed E-state index contributed by atoms with van der Waals surface area (Å²) in [6.45, 7) is 3.29. The maximum Gasteiger partial charge on any atom is 0.243 e. The lowest BCUT2D eigenvalue weighted by Crippen LogP contribution is -2.37. The lowest BCUT2D eigenvalue weighted by molar-refractivity contribution is 0.320. The molecule has 2 aromatic rings. The predicted octanol–water partition coefficient (Wildman–Crippen LogP) is 3.88. The van der Waals surface area contributed by atoms with Gasteiger partial charge in [0.15, 0.2) is 0 Å². The van der Waals surface area contributed by atoms with E-state index >= 15 is 0 Å². The van der Waals surface area contributed by atoms with E-state index in [1.54, 1.807) is 27.8 Å². The van der Waals surface area contributed by atoms with Crippen molar-refractivity contribution in [3.05, 3.63) is 52.2 Å². The van der Waals surface area contributed by atoms with Crippen molar-refractivity contribution in [1.29, 1.82) is 0 Å². The highest BCUT2D eigenvalue weighted by Gasteiger charge is 2.29. The van der Waals surface area contributed by atoms with E-state index < -0.39 is 10.0 Å². The van der Waals surface area contributed by atoms with Gasteiger partial charge in [-0.3, -0.25) is 0 Å².